The summed E-state index contributed by atoms with van der Waals surface area (Å²) < 4.78 is 26.8. The first kappa shape index (κ1) is 14.1. The van der Waals surface area contributed by atoms with Crippen LogP contribution in [0.4, 0.5) is 20.2 Å². The van der Waals surface area contributed by atoms with E-state index in [1.165, 1.54) is 6.07 Å². The van der Waals surface area contributed by atoms with E-state index in [9.17, 15) is 8.78 Å². The molecule has 0 unspecified atom stereocenters. The van der Waals surface area contributed by atoms with Crippen molar-refractivity contribution in [2.75, 3.05) is 37.2 Å². The number of likely N-dealkylation sites (tertiary alicyclic amines) is 1. The molecule has 1 fully saturated rings. The Kier molecular flexibility index (Phi) is 4.58. The van der Waals surface area contributed by atoms with Crippen LogP contribution in [0.2, 0.25) is 0 Å². The Labute approximate surface area is 112 Å². The molecule has 0 atom stereocenters. The third kappa shape index (κ3) is 3.35. The van der Waals surface area contributed by atoms with Crippen LogP contribution >= 0.6 is 0 Å². The van der Waals surface area contributed by atoms with E-state index in [4.69, 9.17) is 5.73 Å². The first-order chi connectivity index (χ1) is 9.11. The van der Waals surface area contributed by atoms with E-state index in [2.05, 4.69) is 17.1 Å². The molecule has 1 aromatic rings. The zero-order chi connectivity index (χ0) is 13.8. The first-order valence-corrected chi connectivity index (χ1v) is 6.81. The number of rotatable bonds is 4. The number of nitrogens with zero attached hydrogens (tertiary/aromatic N) is 1. The van der Waals surface area contributed by atoms with Crippen molar-refractivity contribution in [3.63, 3.8) is 0 Å². The summed E-state index contributed by atoms with van der Waals surface area (Å²) >= 11 is 0. The summed E-state index contributed by atoms with van der Waals surface area (Å²) in [6, 6.07) is 2.44. The Hall–Kier alpha value is -1.36. The molecule has 106 valence electrons. The molecule has 0 saturated carbocycles. The van der Waals surface area contributed by atoms with Gasteiger partial charge in [0.05, 0.1) is 11.4 Å². The fraction of sp³-hybridized carbons (Fsp3) is 0.571. The summed E-state index contributed by atoms with van der Waals surface area (Å²) in [5.41, 5.74) is 6.02. The molecule has 2 rings (SSSR count). The van der Waals surface area contributed by atoms with Crippen LogP contribution in [0, 0.1) is 17.6 Å². The number of benzene rings is 1. The molecule has 0 aliphatic carbocycles. The second-order valence-electron chi connectivity index (χ2n) is 5.08. The van der Waals surface area contributed by atoms with Gasteiger partial charge in [0.2, 0.25) is 0 Å². The fourth-order valence-electron chi connectivity index (χ4n) is 2.50. The van der Waals surface area contributed by atoms with Crippen LogP contribution in [0.3, 0.4) is 0 Å². The lowest BCUT2D eigenvalue weighted by Gasteiger charge is -2.31. The monoisotopic (exact) mass is 269 g/mol. The molecule has 0 spiro atoms. The Balaban J connectivity index is 1.91. The van der Waals surface area contributed by atoms with Gasteiger partial charge in [0.25, 0.3) is 0 Å². The first-order valence-electron chi connectivity index (χ1n) is 6.81. The van der Waals surface area contributed by atoms with Crippen LogP contribution in [0.15, 0.2) is 12.1 Å². The fourth-order valence-corrected chi connectivity index (χ4v) is 2.50. The second-order valence-corrected chi connectivity index (χ2v) is 5.08. The lowest BCUT2D eigenvalue weighted by atomic mass is 9.96. The number of hydrogen-bond donors (Lipinski definition) is 2. The van der Waals surface area contributed by atoms with Crippen LogP contribution in [0.1, 0.15) is 19.8 Å². The Bertz CT molecular complexity index is 429. The molecule has 3 N–H and O–H groups in total. The van der Waals surface area contributed by atoms with Gasteiger partial charge in [-0.25, -0.2) is 8.78 Å². The summed E-state index contributed by atoms with van der Waals surface area (Å²) in [7, 11) is 0. The number of nitrogens with one attached hydrogen (secondary N) is 1. The van der Waals surface area contributed by atoms with Gasteiger partial charge in [-0.3, -0.25) is 0 Å². The van der Waals surface area contributed by atoms with Crippen LogP contribution in [0.5, 0.6) is 0 Å². The lowest BCUT2D eigenvalue weighted by molar-refractivity contribution is 0.198. The number of nitrogen functional groups attached to an aromatic ring is 1. The second kappa shape index (κ2) is 6.19. The molecule has 1 aliphatic heterocycles. The molecule has 1 aliphatic rings. The third-order valence-electron chi connectivity index (χ3n) is 3.85. The van der Waals surface area contributed by atoms with Crippen molar-refractivity contribution in [2.24, 2.45) is 5.92 Å². The van der Waals surface area contributed by atoms with Gasteiger partial charge < -0.3 is 16.0 Å². The SMILES string of the molecule is CCN1CCC(CNc2c(N)ccc(F)c2F)CC1. The Morgan fingerprint density at radius 3 is 2.63 bits per heavy atom. The quantitative estimate of drug-likeness (QED) is 0.826. The van der Waals surface area contributed by atoms with Crippen molar-refractivity contribution < 1.29 is 8.78 Å². The predicted molar refractivity (Wildman–Crippen MR) is 74.1 cm³/mol. The molecule has 0 aromatic heterocycles. The van der Waals surface area contributed by atoms with Gasteiger partial charge in [-0.05, 0) is 50.5 Å². The van der Waals surface area contributed by atoms with Gasteiger partial charge in [-0.15, -0.1) is 0 Å². The van der Waals surface area contributed by atoms with Crippen molar-refractivity contribution in [3.05, 3.63) is 23.8 Å². The van der Waals surface area contributed by atoms with Crippen molar-refractivity contribution in [2.45, 2.75) is 19.8 Å². The lowest BCUT2D eigenvalue weighted by Crippen LogP contribution is -2.35. The molecule has 0 amide bonds. The number of halogens is 2. The molecule has 1 heterocycles. The van der Waals surface area contributed by atoms with E-state index < -0.39 is 11.6 Å². The molecule has 5 heteroatoms. The molecule has 1 aromatic carbocycles. The summed E-state index contributed by atoms with van der Waals surface area (Å²) in [5, 5.41) is 2.97. The average molecular weight is 269 g/mol. The highest BCUT2D eigenvalue weighted by Gasteiger charge is 2.19. The minimum Gasteiger partial charge on any atom is -0.397 e. The van der Waals surface area contributed by atoms with Gasteiger partial charge in [0.15, 0.2) is 11.6 Å². The standard InChI is InChI=1S/C14H21F2N3/c1-2-19-7-5-10(6-8-19)9-18-14-12(17)4-3-11(15)13(14)16/h3-4,10,18H,2,5-9,17H2,1H3. The Morgan fingerprint density at radius 2 is 2.00 bits per heavy atom. The van der Waals surface area contributed by atoms with E-state index in [-0.39, 0.29) is 11.4 Å². The highest BCUT2D eigenvalue weighted by molar-refractivity contribution is 5.66. The van der Waals surface area contributed by atoms with Crippen molar-refractivity contribution in [3.8, 4) is 0 Å². The van der Waals surface area contributed by atoms with E-state index in [1.807, 2.05) is 0 Å². The number of anilines is 2. The third-order valence-corrected chi connectivity index (χ3v) is 3.85. The van der Waals surface area contributed by atoms with Crippen molar-refractivity contribution >= 4 is 11.4 Å². The maximum atomic E-state index is 13.6. The van der Waals surface area contributed by atoms with Crippen LogP contribution in [0.25, 0.3) is 0 Å². The molecule has 0 radical (unpaired) electrons. The molecular weight excluding hydrogens is 248 g/mol. The van der Waals surface area contributed by atoms with Gasteiger partial charge in [-0.2, -0.15) is 0 Å². The minimum atomic E-state index is -0.883. The summed E-state index contributed by atoms with van der Waals surface area (Å²) in [6.07, 6.45) is 2.16. The van der Waals surface area contributed by atoms with Gasteiger partial charge in [0.1, 0.15) is 0 Å². The average Bonchev–Trinajstić information content (AvgIpc) is 2.44. The molecule has 19 heavy (non-hydrogen) atoms. The molecule has 0 bridgehead atoms. The van der Waals surface area contributed by atoms with Crippen LogP contribution in [-0.4, -0.2) is 31.1 Å². The smallest absolute Gasteiger partial charge is 0.183 e. The van der Waals surface area contributed by atoms with Crippen molar-refractivity contribution in [1.29, 1.82) is 0 Å². The number of hydrogen-bond acceptors (Lipinski definition) is 3. The van der Waals surface area contributed by atoms with Gasteiger partial charge in [0, 0.05) is 6.54 Å². The molecular formula is C14H21F2N3. The maximum absolute atomic E-state index is 13.6. The molecule has 3 nitrogen and oxygen atoms in total. The minimum absolute atomic E-state index is 0.0953. The summed E-state index contributed by atoms with van der Waals surface area (Å²) in [5.74, 6) is -1.26. The zero-order valence-electron chi connectivity index (χ0n) is 11.3. The van der Waals surface area contributed by atoms with E-state index in [1.54, 1.807) is 0 Å². The normalized spacial score (nSPS) is 17.6. The topological polar surface area (TPSA) is 41.3 Å². The Morgan fingerprint density at radius 1 is 1.32 bits per heavy atom. The van der Waals surface area contributed by atoms with Gasteiger partial charge in [-0.1, -0.05) is 6.92 Å². The summed E-state index contributed by atoms with van der Waals surface area (Å²) in [6.45, 7) is 6.02. The van der Waals surface area contributed by atoms with E-state index >= 15 is 0 Å². The molecule has 1 saturated heterocycles. The van der Waals surface area contributed by atoms with E-state index in [0.29, 0.717) is 12.5 Å². The highest BCUT2D eigenvalue weighted by atomic mass is 19.2. The van der Waals surface area contributed by atoms with Crippen molar-refractivity contribution in [1.82, 2.24) is 4.90 Å². The zero-order valence-corrected chi connectivity index (χ0v) is 11.3. The van der Waals surface area contributed by atoms with E-state index in [0.717, 1.165) is 38.5 Å². The number of nitrogens with two attached hydrogens (primary N) is 1. The highest BCUT2D eigenvalue weighted by Crippen LogP contribution is 2.26. The summed E-state index contributed by atoms with van der Waals surface area (Å²) in [4.78, 5) is 2.40. The largest absolute Gasteiger partial charge is 0.397 e. The maximum Gasteiger partial charge on any atom is 0.183 e. The number of piperidine rings is 1. The van der Waals surface area contributed by atoms with Gasteiger partial charge >= 0.3 is 0 Å². The van der Waals surface area contributed by atoms with Crippen LogP contribution in [-0.2, 0) is 0 Å². The van der Waals surface area contributed by atoms with Crippen LogP contribution < -0.4 is 11.1 Å². The predicted octanol–water partition coefficient (Wildman–Crippen LogP) is 2.69.